The fourth-order valence-electron chi connectivity index (χ4n) is 1.91. The zero-order chi connectivity index (χ0) is 13.1. The maximum absolute atomic E-state index is 5.83. The van der Waals surface area contributed by atoms with Crippen LogP contribution in [-0.4, -0.2) is 11.1 Å². The van der Waals surface area contributed by atoms with Gasteiger partial charge in [-0.1, -0.05) is 18.2 Å². The molecule has 1 heterocycles. The lowest BCUT2D eigenvalue weighted by Crippen LogP contribution is -2.06. The first-order valence-electron chi connectivity index (χ1n) is 6.06. The quantitative estimate of drug-likeness (QED) is 0.897. The average molecular weight is 242 g/mol. The van der Waals surface area contributed by atoms with Crippen LogP contribution in [0.15, 0.2) is 36.5 Å². The van der Waals surface area contributed by atoms with E-state index in [4.69, 9.17) is 10.5 Å². The molecule has 0 unspecified atom stereocenters. The summed E-state index contributed by atoms with van der Waals surface area (Å²) in [5, 5.41) is 0. The number of anilines is 1. The van der Waals surface area contributed by atoms with Gasteiger partial charge in [0.15, 0.2) is 0 Å². The summed E-state index contributed by atoms with van der Waals surface area (Å²) in [5.41, 5.74) is 8.89. The Labute approximate surface area is 108 Å². The largest absolute Gasteiger partial charge is 0.490 e. The molecule has 0 radical (unpaired) electrons. The molecule has 1 aromatic heterocycles. The van der Waals surface area contributed by atoms with E-state index in [0.717, 1.165) is 22.4 Å². The minimum absolute atomic E-state index is 0.146. The molecule has 1 aromatic carbocycles. The summed E-state index contributed by atoms with van der Waals surface area (Å²) >= 11 is 0. The highest BCUT2D eigenvalue weighted by Gasteiger charge is 2.10. The van der Waals surface area contributed by atoms with E-state index >= 15 is 0 Å². The van der Waals surface area contributed by atoms with Gasteiger partial charge in [0.2, 0.25) is 0 Å². The summed E-state index contributed by atoms with van der Waals surface area (Å²) in [6, 6.07) is 9.87. The molecule has 18 heavy (non-hydrogen) atoms. The Bertz CT molecular complexity index is 550. The Hall–Kier alpha value is -2.03. The van der Waals surface area contributed by atoms with Crippen molar-refractivity contribution < 1.29 is 4.74 Å². The summed E-state index contributed by atoms with van der Waals surface area (Å²) in [5.74, 6) is 1.42. The van der Waals surface area contributed by atoms with Gasteiger partial charge in [-0.3, -0.25) is 0 Å². The Balaban J connectivity index is 2.49. The van der Waals surface area contributed by atoms with Crippen LogP contribution >= 0.6 is 0 Å². The molecule has 0 saturated carbocycles. The van der Waals surface area contributed by atoms with Crippen molar-refractivity contribution >= 4 is 5.82 Å². The van der Waals surface area contributed by atoms with E-state index in [0.29, 0.717) is 5.82 Å². The molecule has 2 aromatic rings. The highest BCUT2D eigenvalue weighted by Crippen LogP contribution is 2.32. The third-order valence-electron chi connectivity index (χ3n) is 2.67. The van der Waals surface area contributed by atoms with Gasteiger partial charge in [0.05, 0.1) is 6.10 Å². The second-order valence-electron chi connectivity index (χ2n) is 4.59. The van der Waals surface area contributed by atoms with Crippen LogP contribution in [0.3, 0.4) is 0 Å². The summed E-state index contributed by atoms with van der Waals surface area (Å²) in [6.07, 6.45) is 1.95. The van der Waals surface area contributed by atoms with Crippen molar-refractivity contribution in [1.29, 1.82) is 0 Å². The molecule has 94 valence electrons. The van der Waals surface area contributed by atoms with Crippen molar-refractivity contribution in [2.75, 3.05) is 5.73 Å². The topological polar surface area (TPSA) is 48.1 Å². The molecular weight excluding hydrogens is 224 g/mol. The summed E-state index contributed by atoms with van der Waals surface area (Å²) in [6.45, 7) is 6.06. The number of aryl methyl sites for hydroxylation is 1. The molecular formula is C15H18N2O. The molecule has 2 N–H and O–H groups in total. The van der Waals surface area contributed by atoms with Crippen LogP contribution in [0.4, 0.5) is 5.82 Å². The van der Waals surface area contributed by atoms with Gasteiger partial charge in [-0.15, -0.1) is 0 Å². The summed E-state index contributed by atoms with van der Waals surface area (Å²) in [4.78, 5) is 4.16. The molecule has 0 fully saturated rings. The van der Waals surface area contributed by atoms with Gasteiger partial charge < -0.3 is 10.5 Å². The van der Waals surface area contributed by atoms with E-state index in [2.05, 4.69) is 4.98 Å². The van der Waals surface area contributed by atoms with Crippen LogP contribution in [-0.2, 0) is 0 Å². The number of para-hydroxylation sites is 1. The third kappa shape index (κ3) is 2.62. The number of nitrogens with two attached hydrogens (primary N) is 1. The van der Waals surface area contributed by atoms with Gasteiger partial charge >= 0.3 is 0 Å². The number of pyridine rings is 1. The zero-order valence-corrected chi connectivity index (χ0v) is 11.0. The van der Waals surface area contributed by atoms with Crippen LogP contribution in [0, 0.1) is 6.92 Å². The Morgan fingerprint density at radius 3 is 2.56 bits per heavy atom. The lowest BCUT2D eigenvalue weighted by molar-refractivity contribution is 0.243. The molecule has 0 amide bonds. The third-order valence-corrected chi connectivity index (χ3v) is 2.67. The van der Waals surface area contributed by atoms with E-state index in [1.165, 1.54) is 0 Å². The van der Waals surface area contributed by atoms with Gasteiger partial charge in [-0.2, -0.15) is 0 Å². The lowest BCUT2D eigenvalue weighted by Gasteiger charge is -2.15. The molecule has 0 aliphatic rings. The van der Waals surface area contributed by atoms with E-state index in [1.54, 1.807) is 6.20 Å². The minimum atomic E-state index is 0.146. The van der Waals surface area contributed by atoms with Crippen LogP contribution in [0.1, 0.15) is 19.4 Å². The second-order valence-corrected chi connectivity index (χ2v) is 4.59. The van der Waals surface area contributed by atoms with Crippen LogP contribution in [0.25, 0.3) is 11.1 Å². The minimum Gasteiger partial charge on any atom is -0.490 e. The zero-order valence-electron chi connectivity index (χ0n) is 11.0. The number of hydrogen-bond acceptors (Lipinski definition) is 3. The number of benzene rings is 1. The number of aromatic nitrogens is 1. The van der Waals surface area contributed by atoms with E-state index in [-0.39, 0.29) is 6.10 Å². The monoisotopic (exact) mass is 242 g/mol. The van der Waals surface area contributed by atoms with E-state index < -0.39 is 0 Å². The van der Waals surface area contributed by atoms with Gasteiger partial charge in [0.1, 0.15) is 11.6 Å². The van der Waals surface area contributed by atoms with Gasteiger partial charge in [0.25, 0.3) is 0 Å². The van der Waals surface area contributed by atoms with Crippen LogP contribution in [0.5, 0.6) is 5.75 Å². The molecule has 3 nitrogen and oxygen atoms in total. The fourth-order valence-corrected chi connectivity index (χ4v) is 1.91. The SMILES string of the molecule is Cc1cc(N)ncc1-c1ccccc1OC(C)C. The maximum atomic E-state index is 5.83. The van der Waals surface area contributed by atoms with E-state index in [9.17, 15) is 0 Å². The lowest BCUT2D eigenvalue weighted by atomic mass is 10.0. The number of ether oxygens (including phenoxy) is 1. The van der Waals surface area contributed by atoms with Crippen LogP contribution < -0.4 is 10.5 Å². The van der Waals surface area contributed by atoms with Crippen molar-refractivity contribution in [3.8, 4) is 16.9 Å². The number of rotatable bonds is 3. The predicted molar refractivity (Wildman–Crippen MR) is 74.6 cm³/mol. The number of nitrogens with zero attached hydrogens (tertiary/aromatic N) is 1. The first-order valence-corrected chi connectivity index (χ1v) is 6.06. The standard InChI is InChI=1S/C15H18N2O/c1-10(2)18-14-7-5-4-6-12(14)13-9-17-15(16)8-11(13)3/h4-10H,1-3H3,(H2,16,17). The molecule has 0 spiro atoms. The molecule has 0 aliphatic heterocycles. The maximum Gasteiger partial charge on any atom is 0.127 e. The fraction of sp³-hybridized carbons (Fsp3) is 0.267. The summed E-state index contributed by atoms with van der Waals surface area (Å²) < 4.78 is 5.83. The smallest absolute Gasteiger partial charge is 0.127 e. The van der Waals surface area contributed by atoms with Crippen molar-refractivity contribution in [2.24, 2.45) is 0 Å². The first kappa shape index (κ1) is 12.4. The van der Waals surface area contributed by atoms with Crippen molar-refractivity contribution in [3.05, 3.63) is 42.1 Å². The second kappa shape index (κ2) is 5.08. The summed E-state index contributed by atoms with van der Waals surface area (Å²) in [7, 11) is 0. The molecule has 0 aliphatic carbocycles. The van der Waals surface area contributed by atoms with Crippen LogP contribution in [0.2, 0.25) is 0 Å². The molecule has 0 saturated heterocycles. The normalized spacial score (nSPS) is 10.7. The van der Waals surface area contributed by atoms with Crippen molar-refractivity contribution in [3.63, 3.8) is 0 Å². The number of nitrogen functional groups attached to an aromatic ring is 1. The van der Waals surface area contributed by atoms with Gasteiger partial charge in [-0.05, 0) is 38.5 Å². The first-order chi connectivity index (χ1) is 8.58. The predicted octanol–water partition coefficient (Wildman–Crippen LogP) is 3.43. The highest BCUT2D eigenvalue weighted by molar-refractivity contribution is 5.73. The highest BCUT2D eigenvalue weighted by atomic mass is 16.5. The van der Waals surface area contributed by atoms with E-state index in [1.807, 2.05) is 51.1 Å². The van der Waals surface area contributed by atoms with Crippen molar-refractivity contribution in [1.82, 2.24) is 4.98 Å². The van der Waals surface area contributed by atoms with Crippen molar-refractivity contribution in [2.45, 2.75) is 26.9 Å². The van der Waals surface area contributed by atoms with Gasteiger partial charge in [-0.25, -0.2) is 4.98 Å². The number of hydrogen-bond donors (Lipinski definition) is 1. The Kier molecular flexibility index (Phi) is 3.51. The molecule has 3 heteroatoms. The molecule has 0 bridgehead atoms. The molecule has 0 atom stereocenters. The Morgan fingerprint density at radius 1 is 1.17 bits per heavy atom. The van der Waals surface area contributed by atoms with Gasteiger partial charge in [0, 0.05) is 17.3 Å². The average Bonchev–Trinajstić information content (AvgIpc) is 2.30. The molecule has 2 rings (SSSR count). The Morgan fingerprint density at radius 2 is 1.89 bits per heavy atom.